The number of rotatable bonds is 4. The van der Waals surface area contributed by atoms with E-state index in [1.54, 1.807) is 31.2 Å². The topological polar surface area (TPSA) is 101 Å². The maximum Gasteiger partial charge on any atom is 0.344 e. The van der Waals surface area contributed by atoms with Gasteiger partial charge in [-0.05, 0) is 52.7 Å². The van der Waals surface area contributed by atoms with Gasteiger partial charge in [0, 0.05) is 0 Å². The number of hydrogen-bond acceptors (Lipinski definition) is 5. The van der Waals surface area contributed by atoms with Crippen molar-refractivity contribution in [3.63, 3.8) is 0 Å². The normalized spacial score (nSPS) is 19.7. The lowest BCUT2D eigenvalue weighted by Crippen LogP contribution is -2.47. The van der Waals surface area contributed by atoms with Crippen molar-refractivity contribution < 1.29 is 23.5 Å². The molecule has 2 aromatic rings. The number of hydrazine groups is 1. The molecule has 2 N–H and O–H groups in total. The molecule has 0 saturated carbocycles. The SMILES string of the molecule is COc1cccc([C@]2(C)NC(=O)N(NC(=O)c3ccc(Br)o3)C2=O)c1. The summed E-state index contributed by atoms with van der Waals surface area (Å²) < 4.78 is 10.6. The van der Waals surface area contributed by atoms with Gasteiger partial charge in [-0.15, -0.1) is 0 Å². The van der Waals surface area contributed by atoms with Gasteiger partial charge in [0.15, 0.2) is 10.4 Å². The molecule has 25 heavy (non-hydrogen) atoms. The fourth-order valence-corrected chi connectivity index (χ4v) is 2.77. The van der Waals surface area contributed by atoms with E-state index in [0.717, 1.165) is 0 Å². The van der Waals surface area contributed by atoms with Crippen molar-refractivity contribution in [1.29, 1.82) is 0 Å². The molecule has 9 heteroatoms. The fraction of sp³-hybridized carbons (Fsp3) is 0.188. The third kappa shape index (κ3) is 2.98. The number of urea groups is 1. The van der Waals surface area contributed by atoms with E-state index in [9.17, 15) is 14.4 Å². The summed E-state index contributed by atoms with van der Waals surface area (Å²) in [6.07, 6.45) is 0. The van der Waals surface area contributed by atoms with E-state index < -0.39 is 23.4 Å². The number of amides is 4. The van der Waals surface area contributed by atoms with Gasteiger partial charge in [0.1, 0.15) is 11.3 Å². The zero-order valence-corrected chi connectivity index (χ0v) is 14.9. The Morgan fingerprint density at radius 3 is 2.72 bits per heavy atom. The lowest BCUT2D eigenvalue weighted by atomic mass is 9.92. The fourth-order valence-electron chi connectivity index (χ4n) is 2.46. The zero-order chi connectivity index (χ0) is 18.2. The summed E-state index contributed by atoms with van der Waals surface area (Å²) in [5.41, 5.74) is 1.45. The molecular weight excluding hydrogens is 394 g/mol. The van der Waals surface area contributed by atoms with Crippen LogP contribution in [-0.2, 0) is 10.3 Å². The number of nitrogens with one attached hydrogen (secondary N) is 2. The van der Waals surface area contributed by atoms with Gasteiger partial charge in [-0.3, -0.25) is 9.59 Å². The molecule has 3 rings (SSSR count). The van der Waals surface area contributed by atoms with Crippen LogP contribution in [0, 0.1) is 0 Å². The first kappa shape index (κ1) is 17.0. The largest absolute Gasteiger partial charge is 0.497 e. The van der Waals surface area contributed by atoms with Gasteiger partial charge in [-0.2, -0.15) is 5.01 Å². The molecule has 0 unspecified atom stereocenters. The van der Waals surface area contributed by atoms with E-state index in [2.05, 4.69) is 26.7 Å². The Morgan fingerprint density at radius 2 is 2.08 bits per heavy atom. The molecule has 0 radical (unpaired) electrons. The summed E-state index contributed by atoms with van der Waals surface area (Å²) in [7, 11) is 1.50. The van der Waals surface area contributed by atoms with Crippen LogP contribution in [0.4, 0.5) is 4.79 Å². The first-order valence-electron chi connectivity index (χ1n) is 7.22. The lowest BCUT2D eigenvalue weighted by Gasteiger charge is -2.22. The third-order valence-corrected chi connectivity index (χ3v) is 4.27. The number of hydrogen-bond donors (Lipinski definition) is 2. The van der Waals surface area contributed by atoms with Crippen molar-refractivity contribution in [3.05, 3.63) is 52.4 Å². The van der Waals surface area contributed by atoms with Crippen molar-refractivity contribution >= 4 is 33.8 Å². The molecule has 0 bridgehead atoms. The van der Waals surface area contributed by atoms with Crippen LogP contribution in [0.5, 0.6) is 5.75 Å². The Bertz CT molecular complexity index is 865. The van der Waals surface area contributed by atoms with Gasteiger partial charge in [0.25, 0.3) is 5.91 Å². The Kier molecular flexibility index (Phi) is 4.25. The molecule has 1 aromatic heterocycles. The highest BCUT2D eigenvalue weighted by molar-refractivity contribution is 9.10. The number of methoxy groups -OCH3 is 1. The number of imide groups is 1. The number of halogens is 1. The van der Waals surface area contributed by atoms with Crippen LogP contribution in [0.15, 0.2) is 45.5 Å². The number of furan rings is 1. The summed E-state index contributed by atoms with van der Waals surface area (Å²) in [6, 6.07) is 8.97. The minimum absolute atomic E-state index is 0.0394. The maximum atomic E-state index is 12.8. The van der Waals surface area contributed by atoms with E-state index >= 15 is 0 Å². The molecule has 1 aliphatic heterocycles. The van der Waals surface area contributed by atoms with E-state index in [1.807, 2.05) is 0 Å². The second kappa shape index (κ2) is 6.25. The quantitative estimate of drug-likeness (QED) is 0.756. The Hall–Kier alpha value is -2.81. The minimum atomic E-state index is -1.33. The molecule has 1 atom stereocenters. The van der Waals surface area contributed by atoms with Crippen molar-refractivity contribution in [2.24, 2.45) is 0 Å². The Balaban J connectivity index is 1.85. The van der Waals surface area contributed by atoms with Gasteiger partial charge in [-0.1, -0.05) is 12.1 Å². The standard InChI is InChI=1S/C16H14BrN3O5/c1-16(9-4-3-5-10(8-9)24-2)14(22)20(15(23)18-16)19-13(21)11-6-7-12(17)25-11/h3-8H,1-2H3,(H,18,23)(H,19,21)/t16-/m0/s1. The van der Waals surface area contributed by atoms with Crippen LogP contribution in [0.25, 0.3) is 0 Å². The lowest BCUT2D eigenvalue weighted by molar-refractivity contribution is -0.132. The number of benzene rings is 1. The molecule has 8 nitrogen and oxygen atoms in total. The zero-order valence-electron chi connectivity index (χ0n) is 13.3. The number of carbonyl (C=O) groups excluding carboxylic acids is 3. The van der Waals surface area contributed by atoms with E-state index in [0.29, 0.717) is 21.0 Å². The second-order valence-electron chi connectivity index (χ2n) is 5.47. The smallest absolute Gasteiger partial charge is 0.344 e. The average molecular weight is 408 g/mol. The van der Waals surface area contributed by atoms with E-state index in [4.69, 9.17) is 9.15 Å². The Morgan fingerprint density at radius 1 is 1.32 bits per heavy atom. The van der Waals surface area contributed by atoms with Crippen molar-refractivity contribution in [3.8, 4) is 5.75 Å². The van der Waals surface area contributed by atoms with Gasteiger partial charge in [0.2, 0.25) is 0 Å². The molecular formula is C16H14BrN3O5. The first-order valence-corrected chi connectivity index (χ1v) is 8.02. The molecule has 1 aromatic carbocycles. The molecule has 2 heterocycles. The van der Waals surface area contributed by atoms with Crippen LogP contribution < -0.4 is 15.5 Å². The highest BCUT2D eigenvalue weighted by Crippen LogP contribution is 2.30. The van der Waals surface area contributed by atoms with Crippen LogP contribution in [-0.4, -0.2) is 30.0 Å². The highest BCUT2D eigenvalue weighted by atomic mass is 79.9. The van der Waals surface area contributed by atoms with Crippen molar-refractivity contribution in [2.75, 3.05) is 7.11 Å². The number of nitrogens with zero attached hydrogens (tertiary/aromatic N) is 1. The Labute approximate surface area is 151 Å². The monoisotopic (exact) mass is 407 g/mol. The van der Waals surface area contributed by atoms with Crippen molar-refractivity contribution in [1.82, 2.24) is 15.8 Å². The van der Waals surface area contributed by atoms with Gasteiger partial charge in [-0.25, -0.2) is 10.2 Å². The molecule has 130 valence electrons. The molecule has 0 aliphatic carbocycles. The van der Waals surface area contributed by atoms with Gasteiger partial charge < -0.3 is 14.5 Å². The molecule has 1 saturated heterocycles. The summed E-state index contributed by atoms with van der Waals surface area (Å²) in [4.78, 5) is 37.1. The predicted molar refractivity (Wildman–Crippen MR) is 89.6 cm³/mol. The minimum Gasteiger partial charge on any atom is -0.497 e. The number of carbonyl (C=O) groups is 3. The van der Waals surface area contributed by atoms with Crippen LogP contribution in [0.2, 0.25) is 0 Å². The average Bonchev–Trinajstić information content (AvgIpc) is 3.13. The summed E-state index contributed by atoms with van der Waals surface area (Å²) in [6.45, 7) is 1.55. The second-order valence-corrected chi connectivity index (χ2v) is 6.25. The first-order chi connectivity index (χ1) is 11.8. The van der Waals surface area contributed by atoms with Gasteiger partial charge >= 0.3 is 11.9 Å². The van der Waals surface area contributed by atoms with E-state index in [1.165, 1.54) is 19.2 Å². The van der Waals surface area contributed by atoms with Gasteiger partial charge in [0.05, 0.1) is 7.11 Å². The molecule has 1 aliphatic rings. The summed E-state index contributed by atoms with van der Waals surface area (Å²) in [5, 5.41) is 3.22. The molecule has 0 spiro atoms. The predicted octanol–water partition coefficient (Wildman–Crippen LogP) is 2.16. The highest BCUT2D eigenvalue weighted by Gasteiger charge is 2.50. The summed E-state index contributed by atoms with van der Waals surface area (Å²) in [5.74, 6) is -0.833. The summed E-state index contributed by atoms with van der Waals surface area (Å²) >= 11 is 3.08. The molecule has 1 fully saturated rings. The van der Waals surface area contributed by atoms with Crippen LogP contribution >= 0.6 is 15.9 Å². The molecule has 4 amide bonds. The third-order valence-electron chi connectivity index (χ3n) is 3.85. The maximum absolute atomic E-state index is 12.8. The van der Waals surface area contributed by atoms with Crippen molar-refractivity contribution in [2.45, 2.75) is 12.5 Å². The van der Waals surface area contributed by atoms with E-state index in [-0.39, 0.29) is 5.76 Å². The van der Waals surface area contributed by atoms with Crippen LogP contribution in [0.3, 0.4) is 0 Å². The van der Waals surface area contributed by atoms with Crippen LogP contribution in [0.1, 0.15) is 23.0 Å². The number of ether oxygens (including phenoxy) is 1.